The van der Waals surface area contributed by atoms with E-state index in [9.17, 15) is 0 Å². The number of nitrogens with zero attached hydrogens (tertiary/aromatic N) is 1. The SMILES string of the molecule is CC1(C2CC2)CN(c2ccc3c(c2)OCCO3)CCCN1. The van der Waals surface area contributed by atoms with Gasteiger partial charge in [0.1, 0.15) is 13.2 Å². The minimum Gasteiger partial charge on any atom is -0.486 e. The lowest BCUT2D eigenvalue weighted by atomic mass is 9.95. The predicted molar refractivity (Wildman–Crippen MR) is 83.4 cm³/mol. The molecule has 2 aliphatic heterocycles. The van der Waals surface area contributed by atoms with E-state index in [0.29, 0.717) is 13.2 Å². The largest absolute Gasteiger partial charge is 0.486 e. The van der Waals surface area contributed by atoms with Crippen molar-refractivity contribution in [3.8, 4) is 11.5 Å². The smallest absolute Gasteiger partial charge is 0.163 e. The van der Waals surface area contributed by atoms with Gasteiger partial charge in [-0.15, -0.1) is 0 Å². The molecule has 1 aliphatic carbocycles. The monoisotopic (exact) mass is 288 g/mol. The minimum atomic E-state index is 0.254. The third-order valence-corrected chi connectivity index (χ3v) is 5.02. The number of ether oxygens (including phenoxy) is 2. The van der Waals surface area contributed by atoms with Gasteiger partial charge in [-0.1, -0.05) is 0 Å². The third kappa shape index (κ3) is 2.57. The third-order valence-electron chi connectivity index (χ3n) is 5.02. The lowest BCUT2D eigenvalue weighted by Crippen LogP contribution is -2.51. The first-order valence-corrected chi connectivity index (χ1v) is 8.14. The topological polar surface area (TPSA) is 33.7 Å². The van der Waals surface area contributed by atoms with Crippen molar-refractivity contribution in [1.29, 1.82) is 0 Å². The molecule has 0 bridgehead atoms. The first-order chi connectivity index (χ1) is 10.2. The van der Waals surface area contributed by atoms with Gasteiger partial charge in [0.2, 0.25) is 0 Å². The van der Waals surface area contributed by atoms with Gasteiger partial charge >= 0.3 is 0 Å². The Morgan fingerprint density at radius 3 is 2.81 bits per heavy atom. The fourth-order valence-electron chi connectivity index (χ4n) is 3.62. The maximum absolute atomic E-state index is 5.73. The molecule has 2 heterocycles. The van der Waals surface area contributed by atoms with Crippen LogP contribution >= 0.6 is 0 Å². The van der Waals surface area contributed by atoms with Gasteiger partial charge in [0, 0.05) is 30.4 Å². The van der Waals surface area contributed by atoms with Gasteiger partial charge in [0.05, 0.1) is 0 Å². The van der Waals surface area contributed by atoms with Gasteiger partial charge in [-0.2, -0.15) is 0 Å². The van der Waals surface area contributed by atoms with Crippen molar-refractivity contribution in [2.45, 2.75) is 31.7 Å². The number of anilines is 1. The Hall–Kier alpha value is -1.42. The highest BCUT2D eigenvalue weighted by Crippen LogP contribution is 2.42. The molecular formula is C17H24N2O2. The Balaban J connectivity index is 1.59. The summed E-state index contributed by atoms with van der Waals surface area (Å²) in [5.74, 6) is 2.61. The summed E-state index contributed by atoms with van der Waals surface area (Å²) in [6, 6.07) is 6.37. The van der Waals surface area contributed by atoms with Crippen molar-refractivity contribution in [2.75, 3.05) is 37.7 Å². The Morgan fingerprint density at radius 2 is 2.00 bits per heavy atom. The number of rotatable bonds is 2. The van der Waals surface area contributed by atoms with Gasteiger partial charge in [0.25, 0.3) is 0 Å². The van der Waals surface area contributed by atoms with Crippen LogP contribution in [0.1, 0.15) is 26.2 Å². The van der Waals surface area contributed by atoms with Crippen LogP contribution in [0.2, 0.25) is 0 Å². The van der Waals surface area contributed by atoms with Crippen LogP contribution in [0.5, 0.6) is 11.5 Å². The lowest BCUT2D eigenvalue weighted by molar-refractivity contribution is 0.171. The number of benzene rings is 1. The molecule has 0 aromatic heterocycles. The zero-order valence-electron chi connectivity index (χ0n) is 12.7. The highest BCUT2D eigenvalue weighted by atomic mass is 16.6. The van der Waals surface area contributed by atoms with Gasteiger partial charge in [-0.05, 0) is 50.8 Å². The minimum absolute atomic E-state index is 0.254. The van der Waals surface area contributed by atoms with E-state index in [-0.39, 0.29) is 5.54 Å². The Bertz CT molecular complexity index is 530. The summed E-state index contributed by atoms with van der Waals surface area (Å²) in [4.78, 5) is 2.51. The number of nitrogens with one attached hydrogen (secondary N) is 1. The van der Waals surface area contributed by atoms with Crippen LogP contribution in [0, 0.1) is 5.92 Å². The summed E-state index contributed by atoms with van der Waals surface area (Å²) in [5.41, 5.74) is 1.51. The summed E-state index contributed by atoms with van der Waals surface area (Å²) in [7, 11) is 0. The van der Waals surface area contributed by atoms with Gasteiger partial charge in [0.15, 0.2) is 11.5 Å². The number of fused-ring (bicyclic) bond motifs is 1. The van der Waals surface area contributed by atoms with E-state index in [1.807, 2.05) is 0 Å². The van der Waals surface area contributed by atoms with Crippen LogP contribution in [0.15, 0.2) is 18.2 Å². The van der Waals surface area contributed by atoms with Crippen molar-refractivity contribution in [2.24, 2.45) is 5.92 Å². The molecule has 1 saturated heterocycles. The molecule has 0 amide bonds. The fourth-order valence-corrected chi connectivity index (χ4v) is 3.62. The van der Waals surface area contributed by atoms with Crippen LogP contribution in [-0.4, -0.2) is 38.4 Å². The average molecular weight is 288 g/mol. The van der Waals surface area contributed by atoms with E-state index in [4.69, 9.17) is 9.47 Å². The second-order valence-corrected chi connectivity index (χ2v) is 6.72. The molecule has 4 rings (SSSR count). The highest BCUT2D eigenvalue weighted by molar-refractivity contribution is 5.57. The van der Waals surface area contributed by atoms with Crippen molar-refractivity contribution in [3.63, 3.8) is 0 Å². The summed E-state index contributed by atoms with van der Waals surface area (Å²) in [6.07, 6.45) is 3.94. The molecule has 21 heavy (non-hydrogen) atoms. The van der Waals surface area contributed by atoms with Crippen LogP contribution in [0.4, 0.5) is 5.69 Å². The van der Waals surface area contributed by atoms with Crippen LogP contribution in [-0.2, 0) is 0 Å². The molecule has 1 aromatic carbocycles. The van der Waals surface area contributed by atoms with Crippen molar-refractivity contribution >= 4 is 5.69 Å². The molecule has 1 atom stereocenters. The van der Waals surface area contributed by atoms with Gasteiger partial charge in [-0.25, -0.2) is 0 Å². The summed E-state index contributed by atoms with van der Waals surface area (Å²) < 4.78 is 11.4. The first kappa shape index (κ1) is 13.3. The van der Waals surface area contributed by atoms with E-state index in [0.717, 1.165) is 37.1 Å². The molecular weight excluding hydrogens is 264 g/mol. The molecule has 114 valence electrons. The molecule has 0 spiro atoms. The Morgan fingerprint density at radius 1 is 1.19 bits per heavy atom. The lowest BCUT2D eigenvalue weighted by Gasteiger charge is -2.35. The van der Waals surface area contributed by atoms with E-state index < -0.39 is 0 Å². The molecule has 4 heteroatoms. The molecule has 4 nitrogen and oxygen atoms in total. The molecule has 1 unspecified atom stereocenters. The molecule has 0 radical (unpaired) electrons. The molecule has 1 aromatic rings. The maximum Gasteiger partial charge on any atom is 0.163 e. The molecule has 2 fully saturated rings. The van der Waals surface area contributed by atoms with E-state index >= 15 is 0 Å². The standard InChI is InChI=1S/C17H24N2O2/c1-17(13-3-4-13)12-19(8-2-7-18-17)14-5-6-15-16(11-14)21-10-9-20-15/h5-6,11,13,18H,2-4,7-10,12H2,1H3. The maximum atomic E-state index is 5.73. The quantitative estimate of drug-likeness (QED) is 0.906. The Kier molecular flexibility index (Phi) is 3.21. The van der Waals surface area contributed by atoms with Crippen molar-refractivity contribution in [3.05, 3.63) is 18.2 Å². The molecule has 1 N–H and O–H groups in total. The predicted octanol–water partition coefficient (Wildman–Crippen LogP) is 2.43. The zero-order valence-corrected chi connectivity index (χ0v) is 12.7. The number of hydrogen-bond donors (Lipinski definition) is 1. The highest BCUT2D eigenvalue weighted by Gasteiger charge is 2.43. The van der Waals surface area contributed by atoms with E-state index in [1.165, 1.54) is 24.9 Å². The van der Waals surface area contributed by atoms with E-state index in [2.05, 4.69) is 35.3 Å². The Labute approximate surface area is 126 Å². The second kappa shape index (κ2) is 5.09. The molecule has 3 aliphatic rings. The fraction of sp³-hybridized carbons (Fsp3) is 0.647. The normalized spacial score (nSPS) is 29.1. The summed E-state index contributed by atoms with van der Waals surface area (Å²) in [5, 5.41) is 3.78. The number of hydrogen-bond acceptors (Lipinski definition) is 4. The average Bonchev–Trinajstić information content (AvgIpc) is 3.34. The van der Waals surface area contributed by atoms with Crippen LogP contribution < -0.4 is 19.7 Å². The van der Waals surface area contributed by atoms with Crippen LogP contribution in [0.3, 0.4) is 0 Å². The van der Waals surface area contributed by atoms with Gasteiger partial charge in [-0.3, -0.25) is 0 Å². The second-order valence-electron chi connectivity index (χ2n) is 6.72. The molecule has 1 saturated carbocycles. The van der Waals surface area contributed by atoms with Crippen molar-refractivity contribution < 1.29 is 9.47 Å². The summed E-state index contributed by atoms with van der Waals surface area (Å²) in [6.45, 7) is 7.00. The summed E-state index contributed by atoms with van der Waals surface area (Å²) >= 11 is 0. The van der Waals surface area contributed by atoms with Crippen LogP contribution in [0.25, 0.3) is 0 Å². The first-order valence-electron chi connectivity index (χ1n) is 8.14. The van der Waals surface area contributed by atoms with Crippen molar-refractivity contribution in [1.82, 2.24) is 5.32 Å². The van der Waals surface area contributed by atoms with Gasteiger partial charge < -0.3 is 19.7 Å². The zero-order chi connectivity index (χ0) is 14.3. The van der Waals surface area contributed by atoms with E-state index in [1.54, 1.807) is 0 Å².